The van der Waals surface area contributed by atoms with Gasteiger partial charge in [0.2, 0.25) is 0 Å². The molecule has 0 unspecified atom stereocenters. The third kappa shape index (κ3) is 3.77. The molecule has 3 aromatic carbocycles. The summed E-state index contributed by atoms with van der Waals surface area (Å²) in [6, 6.07) is 24.5. The number of likely N-dealkylation sites (tertiary alicyclic amines) is 1. The topological polar surface area (TPSA) is 68.3 Å². The normalized spacial score (nSPS) is 20.5. The van der Waals surface area contributed by atoms with Crippen LogP contribution in [-0.4, -0.2) is 36.9 Å². The van der Waals surface area contributed by atoms with Gasteiger partial charge in [-0.15, -0.1) is 0 Å². The van der Waals surface area contributed by atoms with Crippen LogP contribution in [0, 0.1) is 0 Å². The molecule has 3 aromatic rings. The van der Waals surface area contributed by atoms with Crippen LogP contribution < -0.4 is 9.64 Å². The van der Waals surface area contributed by atoms with Gasteiger partial charge in [-0.2, -0.15) is 0 Å². The van der Waals surface area contributed by atoms with E-state index in [1.807, 2.05) is 78.9 Å². The van der Waals surface area contributed by atoms with E-state index in [-0.39, 0.29) is 6.61 Å². The Bertz CT molecular complexity index is 1200. The van der Waals surface area contributed by atoms with E-state index in [4.69, 9.17) is 14.2 Å². The fraction of sp³-hybridized carbons (Fsp3) is 0.231. The van der Waals surface area contributed by atoms with Crippen LogP contribution >= 0.6 is 15.9 Å². The minimum Gasteiger partial charge on any atom is -0.478 e. The zero-order valence-electron chi connectivity index (χ0n) is 18.5. The predicted octanol–water partition coefficient (Wildman–Crippen LogP) is 5.68. The number of carbonyl (C=O) groups excluding carboxylic acids is 2. The Labute approximate surface area is 206 Å². The first kappa shape index (κ1) is 22.3. The zero-order chi connectivity index (χ0) is 23.7. The average Bonchev–Trinajstić information content (AvgIpc) is 3.37. The Balaban J connectivity index is 1.55. The molecule has 8 heteroatoms. The molecule has 34 heavy (non-hydrogen) atoms. The Morgan fingerprint density at radius 3 is 2.41 bits per heavy atom. The second kappa shape index (κ2) is 9.02. The van der Waals surface area contributed by atoms with Gasteiger partial charge >= 0.3 is 12.2 Å². The third-order valence-corrected chi connectivity index (χ3v) is 6.75. The number of methoxy groups -OCH3 is 1. The number of hydrogen-bond acceptors (Lipinski definition) is 5. The van der Waals surface area contributed by atoms with Crippen LogP contribution in [0.3, 0.4) is 0 Å². The van der Waals surface area contributed by atoms with E-state index in [9.17, 15) is 9.59 Å². The van der Waals surface area contributed by atoms with Gasteiger partial charge in [-0.3, -0.25) is 9.80 Å². The molecule has 2 heterocycles. The predicted molar refractivity (Wildman–Crippen MR) is 130 cm³/mol. The molecule has 1 saturated heterocycles. The van der Waals surface area contributed by atoms with Gasteiger partial charge in [0, 0.05) is 23.0 Å². The molecule has 0 spiro atoms. The Kier molecular flexibility index (Phi) is 5.91. The van der Waals surface area contributed by atoms with Crippen molar-refractivity contribution in [2.45, 2.75) is 24.8 Å². The lowest BCUT2D eigenvalue weighted by Gasteiger charge is -2.36. The number of carbonyl (C=O) groups is 2. The van der Waals surface area contributed by atoms with E-state index in [2.05, 4.69) is 15.9 Å². The standard InChI is InChI=1S/C26H23BrN2O5/c1-32-24(30)28-16-15-26(34-20-13-11-19(27)12-14-20)21-9-5-6-10-22(21)29(23(26)28)25(31)33-17-18-7-3-2-4-8-18/h2-14,23H,15-17H2,1H3/t23-,26-/m1/s1. The van der Waals surface area contributed by atoms with Gasteiger partial charge in [-0.25, -0.2) is 9.59 Å². The molecule has 1 fully saturated rings. The van der Waals surface area contributed by atoms with E-state index in [0.29, 0.717) is 24.4 Å². The lowest BCUT2D eigenvalue weighted by atomic mass is 9.92. The number of hydrogen-bond donors (Lipinski definition) is 0. The van der Waals surface area contributed by atoms with Crippen LogP contribution in [0.1, 0.15) is 17.5 Å². The number of anilines is 1. The number of benzene rings is 3. The molecule has 0 saturated carbocycles. The Hall–Kier alpha value is -3.52. The zero-order valence-corrected chi connectivity index (χ0v) is 20.1. The summed E-state index contributed by atoms with van der Waals surface area (Å²) in [5.74, 6) is 0.634. The number of para-hydroxylation sites is 1. The molecule has 174 valence electrons. The van der Waals surface area contributed by atoms with Gasteiger partial charge in [0.25, 0.3) is 0 Å². The summed E-state index contributed by atoms with van der Waals surface area (Å²) >= 11 is 3.45. The van der Waals surface area contributed by atoms with Crippen molar-refractivity contribution in [2.24, 2.45) is 0 Å². The first-order valence-electron chi connectivity index (χ1n) is 10.9. The van der Waals surface area contributed by atoms with Gasteiger partial charge in [0.1, 0.15) is 12.4 Å². The number of amides is 2. The Morgan fingerprint density at radius 2 is 1.68 bits per heavy atom. The second-order valence-electron chi connectivity index (χ2n) is 8.16. The lowest BCUT2D eigenvalue weighted by Crippen LogP contribution is -2.55. The second-order valence-corrected chi connectivity index (χ2v) is 9.08. The minimum absolute atomic E-state index is 0.115. The highest BCUT2D eigenvalue weighted by Crippen LogP contribution is 2.53. The third-order valence-electron chi connectivity index (χ3n) is 6.23. The number of ether oxygens (including phenoxy) is 3. The van der Waals surface area contributed by atoms with Crippen LogP contribution in [0.25, 0.3) is 0 Å². The smallest absolute Gasteiger partial charge is 0.416 e. The monoisotopic (exact) mass is 522 g/mol. The van der Waals surface area contributed by atoms with Crippen molar-refractivity contribution in [1.82, 2.24) is 4.90 Å². The van der Waals surface area contributed by atoms with Crippen molar-refractivity contribution >= 4 is 33.8 Å². The lowest BCUT2D eigenvalue weighted by molar-refractivity contribution is 0.0308. The summed E-state index contributed by atoms with van der Waals surface area (Å²) in [5.41, 5.74) is 1.38. The maximum absolute atomic E-state index is 13.5. The number of nitrogens with zero attached hydrogens (tertiary/aromatic N) is 2. The van der Waals surface area contributed by atoms with Crippen LogP contribution in [0.15, 0.2) is 83.3 Å². The average molecular weight is 523 g/mol. The first-order chi connectivity index (χ1) is 16.5. The van der Waals surface area contributed by atoms with Gasteiger partial charge in [-0.1, -0.05) is 64.5 Å². The summed E-state index contributed by atoms with van der Waals surface area (Å²) in [6.07, 6.45) is -1.36. The van der Waals surface area contributed by atoms with Crippen molar-refractivity contribution in [3.63, 3.8) is 0 Å². The summed E-state index contributed by atoms with van der Waals surface area (Å²) in [4.78, 5) is 29.3. The molecule has 0 aliphatic carbocycles. The van der Waals surface area contributed by atoms with Gasteiger partial charge in [0.05, 0.1) is 12.8 Å². The summed E-state index contributed by atoms with van der Waals surface area (Å²) < 4.78 is 18.3. The number of halogens is 1. The highest BCUT2D eigenvalue weighted by atomic mass is 79.9. The maximum Gasteiger partial charge on any atom is 0.416 e. The molecule has 0 radical (unpaired) electrons. The summed E-state index contributed by atoms with van der Waals surface area (Å²) in [5, 5.41) is 0. The van der Waals surface area contributed by atoms with E-state index in [1.165, 1.54) is 16.9 Å². The van der Waals surface area contributed by atoms with Crippen molar-refractivity contribution < 1.29 is 23.8 Å². The van der Waals surface area contributed by atoms with Gasteiger partial charge in [0.15, 0.2) is 11.8 Å². The molecule has 5 rings (SSSR count). The molecule has 2 aliphatic heterocycles. The molecular weight excluding hydrogens is 500 g/mol. The van der Waals surface area contributed by atoms with Crippen LogP contribution in [0.5, 0.6) is 5.75 Å². The number of fused-ring (bicyclic) bond motifs is 3. The van der Waals surface area contributed by atoms with Crippen molar-refractivity contribution in [3.05, 3.63) is 94.5 Å². The van der Waals surface area contributed by atoms with Crippen molar-refractivity contribution in [1.29, 1.82) is 0 Å². The SMILES string of the molecule is COC(=O)N1CC[C@@]2(Oc3ccc(Br)cc3)c3ccccc3N(C(=O)OCc3ccccc3)[C@@H]12. The molecule has 2 atom stereocenters. The first-order valence-corrected chi connectivity index (χ1v) is 11.7. The number of rotatable bonds is 4. The van der Waals surface area contributed by atoms with Gasteiger partial charge < -0.3 is 14.2 Å². The van der Waals surface area contributed by atoms with Crippen molar-refractivity contribution in [2.75, 3.05) is 18.6 Å². The Morgan fingerprint density at radius 1 is 0.971 bits per heavy atom. The molecule has 2 aliphatic rings. The van der Waals surface area contributed by atoms with E-state index >= 15 is 0 Å². The largest absolute Gasteiger partial charge is 0.478 e. The quantitative estimate of drug-likeness (QED) is 0.441. The van der Waals surface area contributed by atoms with Crippen LogP contribution in [0.2, 0.25) is 0 Å². The fourth-order valence-corrected chi connectivity index (χ4v) is 5.02. The van der Waals surface area contributed by atoms with E-state index < -0.39 is 24.0 Å². The van der Waals surface area contributed by atoms with Crippen LogP contribution in [-0.2, 0) is 21.7 Å². The van der Waals surface area contributed by atoms with Gasteiger partial charge in [-0.05, 0) is 35.9 Å². The van der Waals surface area contributed by atoms with Crippen molar-refractivity contribution in [3.8, 4) is 5.75 Å². The molecule has 0 aromatic heterocycles. The van der Waals surface area contributed by atoms with E-state index in [1.54, 1.807) is 0 Å². The maximum atomic E-state index is 13.5. The molecular formula is C26H23BrN2O5. The van der Waals surface area contributed by atoms with E-state index in [0.717, 1.165) is 15.6 Å². The highest BCUT2D eigenvalue weighted by Gasteiger charge is 2.63. The molecule has 0 bridgehead atoms. The van der Waals surface area contributed by atoms with Crippen LogP contribution in [0.4, 0.5) is 15.3 Å². The molecule has 0 N–H and O–H groups in total. The summed E-state index contributed by atoms with van der Waals surface area (Å²) in [7, 11) is 1.33. The molecule has 7 nitrogen and oxygen atoms in total. The fourth-order valence-electron chi connectivity index (χ4n) is 4.75. The minimum atomic E-state index is -0.968. The molecule has 2 amide bonds. The highest BCUT2D eigenvalue weighted by molar-refractivity contribution is 9.10. The summed E-state index contributed by atoms with van der Waals surface area (Å²) in [6.45, 7) is 0.481.